The van der Waals surface area contributed by atoms with Gasteiger partial charge in [0.05, 0.1) is 6.04 Å². The fraction of sp³-hybridized carbons (Fsp3) is 0.667. The van der Waals surface area contributed by atoms with Crippen molar-refractivity contribution >= 4 is 5.91 Å². The quantitative estimate of drug-likeness (QED) is 0.801. The van der Waals surface area contributed by atoms with Gasteiger partial charge in [0.1, 0.15) is 0 Å². The first kappa shape index (κ1) is 17.9. The highest BCUT2D eigenvalue weighted by Gasteiger charge is 2.34. The molecule has 5 nitrogen and oxygen atoms in total. The Morgan fingerprint density at radius 2 is 2.09 bits per heavy atom. The summed E-state index contributed by atoms with van der Waals surface area (Å²) in [4.78, 5) is 19.0. The van der Waals surface area contributed by atoms with Crippen LogP contribution in [0.4, 0.5) is 0 Å². The average Bonchev–Trinajstić information content (AvgIpc) is 2.90. The first-order valence-corrected chi connectivity index (χ1v) is 8.58. The van der Waals surface area contributed by atoms with Crippen molar-refractivity contribution in [3.8, 4) is 0 Å². The Balaban J connectivity index is 1.84. The molecule has 0 radical (unpaired) electrons. The smallest absolute Gasteiger partial charge is 0.237 e. The molecule has 1 saturated heterocycles. The maximum atomic E-state index is 12.4. The van der Waals surface area contributed by atoms with Crippen LogP contribution in [0.1, 0.15) is 39.3 Å². The standard InChI is InChI=1S/C18H29N3O2/c1-13-7-8-14(2)21(13)15(3)18(23)20-11-16(12-22)10-17-6-4-5-9-19-17/h4-6,9,13-16,22H,7-8,10-12H2,1-3H3,(H,20,23). The molecule has 23 heavy (non-hydrogen) atoms. The Labute approximate surface area is 139 Å². The maximum absolute atomic E-state index is 12.4. The van der Waals surface area contributed by atoms with Gasteiger partial charge in [-0.05, 0) is 52.2 Å². The number of amides is 1. The lowest BCUT2D eigenvalue weighted by molar-refractivity contribution is -0.127. The van der Waals surface area contributed by atoms with Crippen molar-refractivity contribution in [3.63, 3.8) is 0 Å². The van der Waals surface area contributed by atoms with Crippen molar-refractivity contribution in [1.29, 1.82) is 0 Å². The first-order valence-electron chi connectivity index (χ1n) is 8.58. The number of nitrogens with zero attached hydrogens (tertiary/aromatic N) is 2. The molecule has 1 fully saturated rings. The number of aliphatic hydroxyl groups excluding tert-OH is 1. The molecule has 1 amide bonds. The molecule has 1 aromatic heterocycles. The van der Waals surface area contributed by atoms with Crippen LogP contribution in [0.25, 0.3) is 0 Å². The van der Waals surface area contributed by atoms with E-state index >= 15 is 0 Å². The first-order chi connectivity index (χ1) is 11.0. The lowest BCUT2D eigenvalue weighted by atomic mass is 10.0. The molecule has 5 heteroatoms. The van der Waals surface area contributed by atoms with Crippen LogP contribution < -0.4 is 5.32 Å². The molecule has 2 N–H and O–H groups in total. The van der Waals surface area contributed by atoms with Crippen LogP contribution in [0.2, 0.25) is 0 Å². The molecule has 4 atom stereocenters. The number of carbonyl (C=O) groups is 1. The zero-order chi connectivity index (χ0) is 16.8. The van der Waals surface area contributed by atoms with E-state index in [-0.39, 0.29) is 24.5 Å². The minimum atomic E-state index is -0.128. The van der Waals surface area contributed by atoms with E-state index in [1.165, 1.54) is 0 Å². The molecule has 2 rings (SSSR count). The van der Waals surface area contributed by atoms with E-state index in [1.54, 1.807) is 6.20 Å². The number of aromatic nitrogens is 1. The number of carbonyl (C=O) groups excluding carboxylic acids is 1. The van der Waals surface area contributed by atoms with E-state index < -0.39 is 0 Å². The number of hydrogen-bond donors (Lipinski definition) is 2. The number of likely N-dealkylation sites (tertiary alicyclic amines) is 1. The number of nitrogens with one attached hydrogen (secondary N) is 1. The van der Waals surface area contributed by atoms with Crippen LogP contribution in [0.3, 0.4) is 0 Å². The van der Waals surface area contributed by atoms with Gasteiger partial charge in [0, 0.05) is 43.0 Å². The third-order valence-electron chi connectivity index (χ3n) is 4.89. The number of hydrogen-bond acceptors (Lipinski definition) is 4. The van der Waals surface area contributed by atoms with Gasteiger partial charge in [0.25, 0.3) is 0 Å². The molecule has 128 valence electrons. The van der Waals surface area contributed by atoms with Gasteiger partial charge in [0.15, 0.2) is 0 Å². The van der Waals surface area contributed by atoms with Crippen LogP contribution >= 0.6 is 0 Å². The predicted octanol–water partition coefficient (Wildman–Crippen LogP) is 1.61. The van der Waals surface area contributed by atoms with Gasteiger partial charge in [-0.25, -0.2) is 0 Å². The minimum Gasteiger partial charge on any atom is -0.396 e. The van der Waals surface area contributed by atoms with E-state index in [2.05, 4.69) is 29.0 Å². The SMILES string of the molecule is CC1CCC(C)N1C(C)C(=O)NCC(CO)Cc1ccccn1. The monoisotopic (exact) mass is 319 g/mol. The van der Waals surface area contributed by atoms with Gasteiger partial charge < -0.3 is 10.4 Å². The lowest BCUT2D eigenvalue weighted by Gasteiger charge is -2.31. The highest BCUT2D eigenvalue weighted by atomic mass is 16.3. The second-order valence-corrected chi connectivity index (χ2v) is 6.72. The summed E-state index contributed by atoms with van der Waals surface area (Å²) in [5, 5.41) is 12.5. The van der Waals surface area contributed by atoms with Crippen LogP contribution in [0.15, 0.2) is 24.4 Å². The molecule has 0 spiro atoms. The maximum Gasteiger partial charge on any atom is 0.237 e. The fourth-order valence-corrected chi connectivity index (χ4v) is 3.52. The van der Waals surface area contributed by atoms with Gasteiger partial charge in [-0.2, -0.15) is 0 Å². The van der Waals surface area contributed by atoms with E-state index in [0.717, 1.165) is 18.5 Å². The highest BCUT2D eigenvalue weighted by Crippen LogP contribution is 2.25. The second kappa shape index (κ2) is 8.41. The summed E-state index contributed by atoms with van der Waals surface area (Å²) >= 11 is 0. The topological polar surface area (TPSA) is 65.5 Å². The molecule has 2 heterocycles. The van der Waals surface area contributed by atoms with Crippen LogP contribution in [0.5, 0.6) is 0 Å². The number of pyridine rings is 1. The van der Waals surface area contributed by atoms with Crippen LogP contribution in [0, 0.1) is 5.92 Å². The molecule has 1 aromatic rings. The fourth-order valence-electron chi connectivity index (χ4n) is 3.52. The number of aliphatic hydroxyl groups is 1. The molecule has 0 bridgehead atoms. The molecule has 1 aliphatic rings. The Morgan fingerprint density at radius 1 is 1.39 bits per heavy atom. The Kier molecular flexibility index (Phi) is 6.54. The molecule has 0 aromatic carbocycles. The van der Waals surface area contributed by atoms with E-state index in [9.17, 15) is 9.90 Å². The molecular formula is C18H29N3O2. The zero-order valence-corrected chi connectivity index (χ0v) is 14.4. The third kappa shape index (κ3) is 4.75. The normalized spacial score (nSPS) is 24.3. The molecular weight excluding hydrogens is 290 g/mol. The van der Waals surface area contributed by atoms with Gasteiger partial charge in [-0.1, -0.05) is 6.07 Å². The molecule has 4 unspecified atom stereocenters. The van der Waals surface area contributed by atoms with Crippen molar-refractivity contribution in [2.45, 2.75) is 58.2 Å². The summed E-state index contributed by atoms with van der Waals surface area (Å²) in [6, 6.07) is 6.53. The number of rotatable bonds is 7. The minimum absolute atomic E-state index is 0.00512. The Morgan fingerprint density at radius 3 is 2.65 bits per heavy atom. The molecule has 1 aliphatic heterocycles. The van der Waals surface area contributed by atoms with Gasteiger partial charge >= 0.3 is 0 Å². The van der Waals surface area contributed by atoms with Gasteiger partial charge in [-0.15, -0.1) is 0 Å². The summed E-state index contributed by atoms with van der Waals surface area (Å²) in [5.41, 5.74) is 0.940. The van der Waals surface area contributed by atoms with Gasteiger partial charge in [0.2, 0.25) is 5.91 Å². The Bertz CT molecular complexity index is 484. The van der Waals surface area contributed by atoms with Crippen molar-refractivity contribution in [2.24, 2.45) is 5.92 Å². The summed E-state index contributed by atoms with van der Waals surface area (Å²) in [7, 11) is 0. The van der Waals surface area contributed by atoms with E-state index in [4.69, 9.17) is 0 Å². The van der Waals surface area contributed by atoms with Crippen LogP contribution in [-0.4, -0.2) is 52.2 Å². The largest absolute Gasteiger partial charge is 0.396 e. The molecule has 0 aliphatic carbocycles. The third-order valence-corrected chi connectivity index (χ3v) is 4.89. The molecule has 0 saturated carbocycles. The van der Waals surface area contributed by atoms with Crippen molar-refractivity contribution in [2.75, 3.05) is 13.2 Å². The second-order valence-electron chi connectivity index (χ2n) is 6.72. The highest BCUT2D eigenvalue weighted by molar-refractivity contribution is 5.81. The average molecular weight is 319 g/mol. The van der Waals surface area contributed by atoms with Gasteiger partial charge in [-0.3, -0.25) is 14.7 Å². The zero-order valence-electron chi connectivity index (χ0n) is 14.4. The summed E-state index contributed by atoms with van der Waals surface area (Å²) < 4.78 is 0. The predicted molar refractivity (Wildman–Crippen MR) is 91.0 cm³/mol. The Hall–Kier alpha value is -1.46. The van der Waals surface area contributed by atoms with E-state index in [0.29, 0.717) is 25.0 Å². The van der Waals surface area contributed by atoms with Crippen LogP contribution in [-0.2, 0) is 11.2 Å². The van der Waals surface area contributed by atoms with Crippen molar-refractivity contribution in [1.82, 2.24) is 15.2 Å². The summed E-state index contributed by atoms with van der Waals surface area (Å²) in [5.74, 6) is 0.0412. The van der Waals surface area contributed by atoms with Crippen molar-refractivity contribution < 1.29 is 9.90 Å². The lowest BCUT2D eigenvalue weighted by Crippen LogP contribution is -2.50. The van der Waals surface area contributed by atoms with E-state index in [1.807, 2.05) is 25.1 Å². The summed E-state index contributed by atoms with van der Waals surface area (Å²) in [6.45, 7) is 6.87. The summed E-state index contributed by atoms with van der Waals surface area (Å²) in [6.07, 6.45) is 4.72. The van der Waals surface area contributed by atoms with Crippen molar-refractivity contribution in [3.05, 3.63) is 30.1 Å².